The van der Waals surface area contributed by atoms with Gasteiger partial charge in [-0.2, -0.15) is 4.98 Å². The van der Waals surface area contributed by atoms with Crippen LogP contribution in [0.4, 0.5) is 0 Å². The van der Waals surface area contributed by atoms with E-state index in [0.717, 1.165) is 10.9 Å². The molecule has 0 fully saturated rings. The molecule has 15 heavy (non-hydrogen) atoms. The topological polar surface area (TPSA) is 44.2 Å². The zero-order valence-electron chi connectivity index (χ0n) is 9.16. The third kappa shape index (κ3) is 4.03. The summed E-state index contributed by atoms with van der Waals surface area (Å²) in [7, 11) is 1.56. The van der Waals surface area contributed by atoms with Gasteiger partial charge in [0.05, 0.1) is 24.4 Å². The van der Waals surface area contributed by atoms with E-state index in [-0.39, 0.29) is 0 Å². The van der Waals surface area contributed by atoms with E-state index in [9.17, 15) is 0 Å². The fourth-order valence-corrected chi connectivity index (χ4v) is 1.29. The zero-order chi connectivity index (χ0) is 11.3. The largest absolute Gasteiger partial charge is 0.480 e. The van der Waals surface area contributed by atoms with Crippen LogP contribution in [-0.2, 0) is 0 Å². The minimum absolute atomic E-state index is 0.357. The molecule has 0 aliphatic carbocycles. The molecule has 0 saturated carbocycles. The molecule has 0 amide bonds. The van der Waals surface area contributed by atoms with Crippen molar-refractivity contribution in [1.29, 1.82) is 0 Å². The van der Waals surface area contributed by atoms with Crippen LogP contribution in [0.25, 0.3) is 0 Å². The molecule has 0 saturated heterocycles. The molecule has 1 aromatic rings. The second-order valence-electron chi connectivity index (χ2n) is 3.54. The fourth-order valence-electron chi connectivity index (χ4n) is 0.935. The summed E-state index contributed by atoms with van der Waals surface area (Å²) in [5.41, 5.74) is 0. The van der Waals surface area contributed by atoms with Gasteiger partial charge in [-0.1, -0.05) is 13.8 Å². The highest BCUT2D eigenvalue weighted by Gasteiger charge is 2.05. The van der Waals surface area contributed by atoms with Gasteiger partial charge in [0.15, 0.2) is 0 Å². The summed E-state index contributed by atoms with van der Waals surface area (Å²) in [6.07, 6.45) is 2.61. The van der Waals surface area contributed by atoms with Crippen LogP contribution in [0.1, 0.15) is 20.3 Å². The second kappa shape index (κ2) is 5.90. The Kier molecular flexibility index (Phi) is 4.81. The molecule has 1 heterocycles. The van der Waals surface area contributed by atoms with E-state index >= 15 is 0 Å². The minimum atomic E-state index is 0.357. The van der Waals surface area contributed by atoms with Gasteiger partial charge < -0.3 is 9.47 Å². The molecule has 5 heteroatoms. The van der Waals surface area contributed by atoms with Crippen molar-refractivity contribution in [3.05, 3.63) is 10.7 Å². The standard InChI is InChI=1S/C10H15BrN2O2/c1-7(2)4-5-15-10-12-6-8(11)9(13-10)14-3/h6-7H,4-5H2,1-3H3. The van der Waals surface area contributed by atoms with Crippen molar-refractivity contribution < 1.29 is 9.47 Å². The highest BCUT2D eigenvalue weighted by atomic mass is 79.9. The molecule has 0 unspecified atom stereocenters. The fraction of sp³-hybridized carbons (Fsp3) is 0.600. The molecule has 1 rings (SSSR count). The third-order valence-corrected chi connectivity index (χ3v) is 2.35. The van der Waals surface area contributed by atoms with Gasteiger partial charge in [-0.3, -0.25) is 0 Å². The Morgan fingerprint density at radius 1 is 1.47 bits per heavy atom. The molecular weight excluding hydrogens is 260 g/mol. The molecule has 84 valence electrons. The van der Waals surface area contributed by atoms with E-state index < -0.39 is 0 Å². The molecule has 0 aliphatic rings. The molecule has 0 atom stereocenters. The van der Waals surface area contributed by atoms with E-state index in [1.807, 2.05) is 0 Å². The number of nitrogens with zero attached hydrogens (tertiary/aromatic N) is 2. The van der Waals surface area contributed by atoms with Gasteiger partial charge in [-0.15, -0.1) is 0 Å². The van der Waals surface area contributed by atoms with Crippen molar-refractivity contribution >= 4 is 15.9 Å². The van der Waals surface area contributed by atoms with Crippen molar-refractivity contribution in [2.75, 3.05) is 13.7 Å². The van der Waals surface area contributed by atoms with Gasteiger partial charge in [0.25, 0.3) is 0 Å². The van der Waals surface area contributed by atoms with E-state index in [4.69, 9.17) is 9.47 Å². The van der Waals surface area contributed by atoms with Gasteiger partial charge in [-0.05, 0) is 28.3 Å². The van der Waals surface area contributed by atoms with Crippen LogP contribution in [0.2, 0.25) is 0 Å². The van der Waals surface area contributed by atoms with Crippen LogP contribution in [-0.4, -0.2) is 23.7 Å². The summed E-state index contributed by atoms with van der Waals surface area (Å²) in [5.74, 6) is 1.10. The Bertz CT molecular complexity index is 318. The van der Waals surface area contributed by atoms with Crippen molar-refractivity contribution in [3.63, 3.8) is 0 Å². The lowest BCUT2D eigenvalue weighted by atomic mass is 10.1. The molecule has 0 aromatic carbocycles. The Morgan fingerprint density at radius 3 is 2.80 bits per heavy atom. The summed E-state index contributed by atoms with van der Waals surface area (Å²) < 4.78 is 11.1. The Labute approximate surface area is 98.2 Å². The first-order chi connectivity index (χ1) is 7.13. The first-order valence-electron chi connectivity index (χ1n) is 4.82. The Morgan fingerprint density at radius 2 is 2.20 bits per heavy atom. The predicted octanol–water partition coefficient (Wildman–Crippen LogP) is 2.67. The summed E-state index contributed by atoms with van der Waals surface area (Å²) in [4.78, 5) is 8.11. The highest BCUT2D eigenvalue weighted by Crippen LogP contribution is 2.22. The maximum atomic E-state index is 5.39. The van der Waals surface area contributed by atoms with Crippen molar-refractivity contribution in [2.45, 2.75) is 20.3 Å². The Balaban J connectivity index is 2.54. The molecule has 0 bridgehead atoms. The molecule has 0 N–H and O–H groups in total. The van der Waals surface area contributed by atoms with E-state index in [0.29, 0.717) is 24.4 Å². The quantitative estimate of drug-likeness (QED) is 0.828. The number of rotatable bonds is 5. The molecule has 4 nitrogen and oxygen atoms in total. The van der Waals surface area contributed by atoms with Crippen LogP contribution in [0.5, 0.6) is 11.9 Å². The number of hydrogen-bond donors (Lipinski definition) is 0. The summed E-state index contributed by atoms with van der Waals surface area (Å²) in [5, 5.41) is 0. The SMILES string of the molecule is COc1nc(OCCC(C)C)ncc1Br. The maximum Gasteiger partial charge on any atom is 0.319 e. The second-order valence-corrected chi connectivity index (χ2v) is 4.40. The lowest BCUT2D eigenvalue weighted by Gasteiger charge is -2.07. The van der Waals surface area contributed by atoms with E-state index in [1.54, 1.807) is 13.3 Å². The number of methoxy groups -OCH3 is 1. The van der Waals surface area contributed by atoms with Gasteiger partial charge in [0.1, 0.15) is 0 Å². The van der Waals surface area contributed by atoms with Crippen molar-refractivity contribution in [3.8, 4) is 11.9 Å². The number of hydrogen-bond acceptors (Lipinski definition) is 4. The molecule has 0 radical (unpaired) electrons. The van der Waals surface area contributed by atoms with Gasteiger partial charge in [0, 0.05) is 0 Å². The summed E-state index contributed by atoms with van der Waals surface area (Å²) in [6, 6.07) is 0.357. The number of halogens is 1. The number of aromatic nitrogens is 2. The molecule has 0 spiro atoms. The summed E-state index contributed by atoms with van der Waals surface area (Å²) >= 11 is 3.28. The van der Waals surface area contributed by atoms with Gasteiger partial charge in [-0.25, -0.2) is 4.98 Å². The third-order valence-electron chi connectivity index (χ3n) is 1.81. The minimum Gasteiger partial charge on any atom is -0.480 e. The van der Waals surface area contributed by atoms with Crippen LogP contribution in [0.15, 0.2) is 10.7 Å². The van der Waals surface area contributed by atoms with Crippen LogP contribution in [0, 0.1) is 5.92 Å². The van der Waals surface area contributed by atoms with Crippen LogP contribution in [0.3, 0.4) is 0 Å². The lowest BCUT2D eigenvalue weighted by molar-refractivity contribution is 0.262. The van der Waals surface area contributed by atoms with Gasteiger partial charge >= 0.3 is 6.01 Å². The zero-order valence-corrected chi connectivity index (χ0v) is 10.7. The average molecular weight is 275 g/mol. The molecule has 1 aromatic heterocycles. The highest BCUT2D eigenvalue weighted by molar-refractivity contribution is 9.10. The van der Waals surface area contributed by atoms with Crippen molar-refractivity contribution in [2.24, 2.45) is 5.92 Å². The van der Waals surface area contributed by atoms with Crippen LogP contribution < -0.4 is 9.47 Å². The monoisotopic (exact) mass is 274 g/mol. The smallest absolute Gasteiger partial charge is 0.319 e. The molecule has 0 aliphatic heterocycles. The number of ether oxygens (including phenoxy) is 2. The predicted molar refractivity (Wildman–Crippen MR) is 61.2 cm³/mol. The van der Waals surface area contributed by atoms with Crippen molar-refractivity contribution in [1.82, 2.24) is 9.97 Å². The Hall–Kier alpha value is -0.840. The lowest BCUT2D eigenvalue weighted by Crippen LogP contribution is -2.04. The van der Waals surface area contributed by atoms with Gasteiger partial charge in [0.2, 0.25) is 5.88 Å². The first-order valence-corrected chi connectivity index (χ1v) is 5.62. The van der Waals surface area contributed by atoms with E-state index in [1.165, 1.54) is 0 Å². The summed E-state index contributed by atoms with van der Waals surface area (Å²) in [6.45, 7) is 4.92. The molecular formula is C10H15BrN2O2. The van der Waals surface area contributed by atoms with E-state index in [2.05, 4.69) is 39.7 Å². The normalized spacial score (nSPS) is 10.5. The maximum absolute atomic E-state index is 5.39. The first kappa shape index (κ1) is 12.2. The average Bonchev–Trinajstić information content (AvgIpc) is 2.20. The van der Waals surface area contributed by atoms with Crippen LogP contribution >= 0.6 is 15.9 Å².